The highest BCUT2D eigenvalue weighted by atomic mass is 35.5. The Hall–Kier alpha value is -3.70. The van der Waals surface area contributed by atoms with Gasteiger partial charge in [-0.3, -0.25) is 9.78 Å². The second kappa shape index (κ2) is 11.3. The molecule has 12 heteroatoms. The van der Waals surface area contributed by atoms with Gasteiger partial charge < -0.3 is 19.2 Å². The maximum atomic E-state index is 6.18. The lowest BCUT2D eigenvalue weighted by molar-refractivity contribution is -0.890. The molecule has 0 saturated carbocycles. The monoisotopic (exact) mass is 631 g/mol. The van der Waals surface area contributed by atoms with Crippen molar-refractivity contribution in [2.24, 2.45) is 7.05 Å². The molecule has 2 aliphatic heterocycles. The van der Waals surface area contributed by atoms with Crippen LogP contribution in [0.15, 0.2) is 48.8 Å². The number of aryl methyl sites for hydroxylation is 1. The van der Waals surface area contributed by atoms with E-state index in [1.807, 2.05) is 54.3 Å². The molecule has 10 nitrogen and oxygen atoms in total. The zero-order chi connectivity index (χ0) is 30.6. The maximum absolute atomic E-state index is 6.18. The summed E-state index contributed by atoms with van der Waals surface area (Å²) in [7, 11) is 8.67. The van der Waals surface area contributed by atoms with Crippen molar-refractivity contribution in [3.63, 3.8) is 0 Å². The Bertz CT molecular complexity index is 1980. The second-order valence-electron chi connectivity index (χ2n) is 12.6. The molecule has 0 radical (unpaired) electrons. The minimum atomic E-state index is 0.721. The van der Waals surface area contributed by atoms with Gasteiger partial charge in [0.05, 0.1) is 57.5 Å². The lowest BCUT2D eigenvalue weighted by atomic mass is 10.1. The van der Waals surface area contributed by atoms with Crippen LogP contribution in [0.5, 0.6) is 0 Å². The number of halogens is 2. The molecular formula is C32H37Cl2N10+. The molecule has 228 valence electrons. The summed E-state index contributed by atoms with van der Waals surface area (Å²) < 4.78 is 2.92. The summed E-state index contributed by atoms with van der Waals surface area (Å²) in [6, 6.07) is 11.7. The Morgan fingerprint density at radius 3 is 1.98 bits per heavy atom. The Kier molecular flexibility index (Phi) is 7.48. The minimum absolute atomic E-state index is 0.721. The molecule has 2 aliphatic rings. The molecule has 1 N–H and O–H groups in total. The first-order chi connectivity index (χ1) is 21.1. The van der Waals surface area contributed by atoms with Crippen molar-refractivity contribution in [2.45, 2.75) is 0 Å². The van der Waals surface area contributed by atoms with E-state index in [1.54, 1.807) is 0 Å². The molecule has 0 amide bonds. The van der Waals surface area contributed by atoms with Gasteiger partial charge in [0, 0.05) is 71.0 Å². The summed E-state index contributed by atoms with van der Waals surface area (Å²) >= 11 is 12.3. The van der Waals surface area contributed by atoms with Crippen molar-refractivity contribution in [1.29, 1.82) is 0 Å². The summed E-state index contributed by atoms with van der Waals surface area (Å²) in [6.07, 6.45) is 3.92. The Labute approximate surface area is 266 Å². The highest BCUT2D eigenvalue weighted by Gasteiger charge is 2.27. The van der Waals surface area contributed by atoms with Crippen LogP contribution in [0.2, 0.25) is 10.0 Å². The van der Waals surface area contributed by atoms with Crippen LogP contribution in [0, 0.1) is 0 Å². The normalized spacial score (nSPS) is 17.5. The first kappa shape index (κ1) is 29.0. The molecule has 0 unspecified atom stereocenters. The Balaban J connectivity index is 0.000000143. The van der Waals surface area contributed by atoms with Crippen molar-refractivity contribution in [2.75, 3.05) is 83.3 Å². The summed E-state index contributed by atoms with van der Waals surface area (Å²) in [6.45, 7) is 8.32. The number of pyridine rings is 2. The smallest absolute Gasteiger partial charge is 0.158 e. The lowest BCUT2D eigenvalue weighted by Crippen LogP contribution is -2.55. The number of hydrogen-bond donors (Lipinski definition) is 1. The number of likely N-dealkylation sites (N-methyl/N-ethyl adjacent to an activating group) is 2. The van der Waals surface area contributed by atoms with Gasteiger partial charge in [-0.1, -0.05) is 23.2 Å². The number of anilines is 2. The van der Waals surface area contributed by atoms with Gasteiger partial charge >= 0.3 is 0 Å². The van der Waals surface area contributed by atoms with Gasteiger partial charge in [0.2, 0.25) is 0 Å². The van der Waals surface area contributed by atoms with Gasteiger partial charge in [-0.25, -0.2) is 9.97 Å². The highest BCUT2D eigenvalue weighted by molar-refractivity contribution is 6.32. The van der Waals surface area contributed by atoms with Gasteiger partial charge in [0.15, 0.2) is 11.6 Å². The fourth-order valence-electron chi connectivity index (χ4n) is 6.18. The van der Waals surface area contributed by atoms with Gasteiger partial charge in [-0.15, -0.1) is 0 Å². The van der Waals surface area contributed by atoms with Gasteiger partial charge in [-0.2, -0.15) is 10.2 Å². The molecule has 0 aliphatic carbocycles. The van der Waals surface area contributed by atoms with Crippen LogP contribution in [0.1, 0.15) is 0 Å². The van der Waals surface area contributed by atoms with Crippen LogP contribution in [-0.4, -0.2) is 113 Å². The van der Waals surface area contributed by atoms with Crippen molar-refractivity contribution >= 4 is 78.4 Å². The van der Waals surface area contributed by atoms with Crippen LogP contribution in [0.3, 0.4) is 0 Å². The molecule has 8 rings (SSSR count). The molecule has 0 atom stereocenters. The molecular weight excluding hydrogens is 595 g/mol. The number of rotatable bonds is 2. The van der Waals surface area contributed by atoms with Crippen LogP contribution in [-0.2, 0) is 7.05 Å². The molecule has 2 fully saturated rings. The predicted octanol–water partition coefficient (Wildman–Crippen LogP) is 5.19. The van der Waals surface area contributed by atoms with E-state index in [0.29, 0.717) is 0 Å². The quantitative estimate of drug-likeness (QED) is 0.263. The van der Waals surface area contributed by atoms with E-state index in [4.69, 9.17) is 33.2 Å². The molecule has 6 heterocycles. The number of nitrogens with zero attached hydrogens (tertiary/aromatic N) is 9. The lowest BCUT2D eigenvalue weighted by Gasteiger charge is -2.39. The van der Waals surface area contributed by atoms with E-state index in [-0.39, 0.29) is 0 Å². The number of hydrogen-bond acceptors (Lipinski definition) is 7. The number of fused-ring (bicyclic) bond motifs is 6. The third-order valence-electron chi connectivity index (χ3n) is 8.91. The first-order valence-corrected chi connectivity index (χ1v) is 15.8. The largest absolute Gasteiger partial charge is 0.352 e. The van der Waals surface area contributed by atoms with Crippen LogP contribution < -0.4 is 9.80 Å². The van der Waals surface area contributed by atoms with Crippen LogP contribution in [0.4, 0.5) is 11.6 Å². The predicted molar refractivity (Wildman–Crippen MR) is 181 cm³/mol. The van der Waals surface area contributed by atoms with E-state index in [1.165, 1.54) is 0 Å². The van der Waals surface area contributed by atoms with Gasteiger partial charge in [0.1, 0.15) is 11.0 Å². The van der Waals surface area contributed by atoms with Gasteiger partial charge in [-0.05, 0) is 43.4 Å². The fraction of sp³-hybridized carbons (Fsp3) is 0.375. The maximum Gasteiger partial charge on any atom is 0.158 e. The standard InChI is InChI=1S/C17H21ClN5.C15H16ClN5/c1-21-11-14-13-10-12(18)4-5-15(13)19-17(16(14)20-21)22-6-8-23(2,3)9-7-22;1-20-4-6-21(7-5-20)15-14-12(9-17-19-14)11-8-10(16)2-3-13(11)18-15/h4-5,10-11H,6-9H2,1-3H3;2-3,8-9H,4-7H2,1H3,(H,17,19)/q+1;. The SMILES string of the molecule is CN1CCN(c2nc3ccc(Cl)cc3c3cn[nH]c23)CC1.Cn1cc2c(n1)c(N1CC[N+](C)(C)CC1)nc1ccc(Cl)cc12. The van der Waals surface area contributed by atoms with Crippen LogP contribution in [0.25, 0.3) is 43.6 Å². The Morgan fingerprint density at radius 1 is 0.727 bits per heavy atom. The Morgan fingerprint density at radius 2 is 1.32 bits per heavy atom. The second-order valence-corrected chi connectivity index (χ2v) is 13.5. The summed E-state index contributed by atoms with van der Waals surface area (Å²) in [5.41, 5.74) is 3.90. The number of piperazine rings is 2. The van der Waals surface area contributed by atoms with E-state index in [2.05, 4.69) is 57.3 Å². The number of H-pyrrole nitrogens is 1. The molecule has 4 aromatic heterocycles. The highest BCUT2D eigenvalue weighted by Crippen LogP contribution is 2.33. The molecule has 6 aromatic rings. The number of quaternary nitrogens is 1. The van der Waals surface area contributed by atoms with Gasteiger partial charge in [0.25, 0.3) is 0 Å². The van der Waals surface area contributed by atoms with Crippen molar-refractivity contribution in [1.82, 2.24) is 34.8 Å². The van der Waals surface area contributed by atoms with Crippen molar-refractivity contribution in [3.8, 4) is 0 Å². The van der Waals surface area contributed by atoms with E-state index in [0.717, 1.165) is 122 Å². The third kappa shape index (κ3) is 5.51. The zero-order valence-electron chi connectivity index (χ0n) is 25.6. The van der Waals surface area contributed by atoms with E-state index >= 15 is 0 Å². The number of nitrogens with one attached hydrogen (secondary N) is 1. The third-order valence-corrected chi connectivity index (χ3v) is 9.38. The molecule has 0 spiro atoms. The molecule has 0 bridgehead atoms. The van der Waals surface area contributed by atoms with E-state index < -0.39 is 0 Å². The van der Waals surface area contributed by atoms with Crippen LogP contribution >= 0.6 is 23.2 Å². The number of benzene rings is 2. The summed E-state index contributed by atoms with van der Waals surface area (Å²) in [5, 5.41) is 17.7. The molecule has 2 aromatic carbocycles. The zero-order valence-corrected chi connectivity index (χ0v) is 27.1. The fourth-order valence-corrected chi connectivity index (χ4v) is 6.52. The average molecular weight is 633 g/mol. The minimum Gasteiger partial charge on any atom is -0.352 e. The number of aromatic amines is 1. The molecule has 2 saturated heterocycles. The van der Waals surface area contributed by atoms with E-state index in [9.17, 15) is 0 Å². The molecule has 44 heavy (non-hydrogen) atoms. The van der Waals surface area contributed by atoms with Crippen molar-refractivity contribution in [3.05, 3.63) is 58.8 Å². The average Bonchev–Trinajstić information content (AvgIpc) is 3.65. The topological polar surface area (TPSA) is 82.0 Å². The first-order valence-electron chi connectivity index (χ1n) is 15.0. The summed E-state index contributed by atoms with van der Waals surface area (Å²) in [4.78, 5) is 16.8. The van der Waals surface area contributed by atoms with Crippen molar-refractivity contribution < 1.29 is 4.48 Å². The summed E-state index contributed by atoms with van der Waals surface area (Å²) in [5.74, 6) is 1.99. The number of aromatic nitrogens is 6.